The summed E-state index contributed by atoms with van der Waals surface area (Å²) in [4.78, 5) is 12.0. The van der Waals surface area contributed by atoms with Crippen LogP contribution in [-0.2, 0) is 14.6 Å². The van der Waals surface area contributed by atoms with Crippen LogP contribution < -0.4 is 14.8 Å². The summed E-state index contributed by atoms with van der Waals surface area (Å²) in [5, 5.41) is 2.53. The van der Waals surface area contributed by atoms with E-state index in [2.05, 4.69) is 5.32 Å². The number of hydrogen-bond donors (Lipinski definition) is 1. The Hall–Kier alpha value is -2.61. The summed E-state index contributed by atoms with van der Waals surface area (Å²) < 4.78 is 48.3. The molecule has 8 heteroatoms. The lowest BCUT2D eigenvalue weighted by Crippen LogP contribution is -2.18. The SMILES string of the molecule is O=C(CCS(=O)(=O)c1ccc2c(c1)OCCO2)Nc1ccc(F)cc1. The maximum absolute atomic E-state index is 12.8. The van der Waals surface area contributed by atoms with Gasteiger partial charge in [-0.1, -0.05) is 0 Å². The molecular weight excluding hydrogens is 349 g/mol. The van der Waals surface area contributed by atoms with Gasteiger partial charge in [-0.3, -0.25) is 4.79 Å². The van der Waals surface area contributed by atoms with Crippen LogP contribution in [0.2, 0.25) is 0 Å². The Labute approximate surface area is 144 Å². The second kappa shape index (κ2) is 7.10. The first kappa shape index (κ1) is 17.2. The number of sulfone groups is 1. The first-order chi connectivity index (χ1) is 11.9. The van der Waals surface area contributed by atoms with Crippen molar-refractivity contribution in [2.75, 3.05) is 24.3 Å². The van der Waals surface area contributed by atoms with Gasteiger partial charge in [0.2, 0.25) is 5.91 Å². The van der Waals surface area contributed by atoms with E-state index in [9.17, 15) is 17.6 Å². The maximum atomic E-state index is 12.8. The second-order valence-electron chi connectivity index (χ2n) is 5.43. The third-order valence-electron chi connectivity index (χ3n) is 3.60. The van der Waals surface area contributed by atoms with Crippen molar-refractivity contribution in [2.45, 2.75) is 11.3 Å². The molecule has 0 unspecified atom stereocenters. The van der Waals surface area contributed by atoms with Gasteiger partial charge in [0.1, 0.15) is 19.0 Å². The van der Waals surface area contributed by atoms with Crippen molar-refractivity contribution in [1.82, 2.24) is 0 Å². The molecule has 1 heterocycles. The number of amides is 1. The molecule has 3 rings (SSSR count). The van der Waals surface area contributed by atoms with E-state index in [1.165, 1.54) is 36.4 Å². The van der Waals surface area contributed by atoms with Crippen LogP contribution in [0.1, 0.15) is 6.42 Å². The Balaban J connectivity index is 1.63. The summed E-state index contributed by atoms with van der Waals surface area (Å²) in [6.07, 6.45) is -0.214. The van der Waals surface area contributed by atoms with E-state index in [0.29, 0.717) is 30.4 Å². The summed E-state index contributed by atoms with van der Waals surface area (Å²) in [5.41, 5.74) is 0.406. The van der Waals surface area contributed by atoms with Crippen LogP contribution in [0.4, 0.5) is 10.1 Å². The molecular formula is C17H16FNO5S. The van der Waals surface area contributed by atoms with E-state index in [4.69, 9.17) is 9.47 Å². The molecule has 0 fully saturated rings. The summed E-state index contributed by atoms with van der Waals surface area (Å²) in [5.74, 6) is -0.353. The van der Waals surface area contributed by atoms with Gasteiger partial charge >= 0.3 is 0 Å². The molecule has 0 spiro atoms. The molecule has 2 aromatic rings. The highest BCUT2D eigenvalue weighted by atomic mass is 32.2. The number of nitrogens with one attached hydrogen (secondary N) is 1. The third-order valence-corrected chi connectivity index (χ3v) is 5.31. The number of anilines is 1. The lowest BCUT2D eigenvalue weighted by atomic mass is 10.3. The fourth-order valence-electron chi connectivity index (χ4n) is 2.32. The number of fused-ring (bicyclic) bond motifs is 1. The van der Waals surface area contributed by atoms with E-state index in [-0.39, 0.29) is 17.1 Å². The van der Waals surface area contributed by atoms with E-state index in [1.807, 2.05) is 0 Å². The predicted octanol–water partition coefficient (Wildman–Crippen LogP) is 2.40. The molecule has 0 radical (unpaired) electrons. The number of rotatable bonds is 5. The molecule has 1 aliphatic rings. The second-order valence-corrected chi connectivity index (χ2v) is 7.54. The highest BCUT2D eigenvalue weighted by Crippen LogP contribution is 2.32. The average molecular weight is 365 g/mol. The summed E-state index contributed by atoms with van der Waals surface area (Å²) in [7, 11) is -3.64. The van der Waals surface area contributed by atoms with Crippen LogP contribution >= 0.6 is 0 Å². The minimum atomic E-state index is -3.64. The quantitative estimate of drug-likeness (QED) is 0.880. The summed E-state index contributed by atoms with van der Waals surface area (Å²) in [6.45, 7) is 0.777. The molecule has 6 nitrogen and oxygen atoms in total. The number of halogens is 1. The molecule has 0 aromatic heterocycles. The fourth-order valence-corrected chi connectivity index (χ4v) is 3.57. The van der Waals surface area contributed by atoms with Crippen molar-refractivity contribution in [3.63, 3.8) is 0 Å². The van der Waals surface area contributed by atoms with Gasteiger partial charge in [0, 0.05) is 18.2 Å². The third kappa shape index (κ3) is 4.27. The largest absolute Gasteiger partial charge is 0.486 e. The number of carbonyl (C=O) groups is 1. The van der Waals surface area contributed by atoms with Gasteiger partial charge in [0.15, 0.2) is 21.3 Å². The number of ether oxygens (including phenoxy) is 2. The zero-order valence-electron chi connectivity index (χ0n) is 13.2. The van der Waals surface area contributed by atoms with Gasteiger partial charge < -0.3 is 14.8 Å². The maximum Gasteiger partial charge on any atom is 0.225 e. The Kier molecular flexibility index (Phi) is 4.89. The molecule has 1 aliphatic heterocycles. The zero-order valence-corrected chi connectivity index (χ0v) is 14.0. The fraction of sp³-hybridized carbons (Fsp3) is 0.235. The van der Waals surface area contributed by atoms with E-state index >= 15 is 0 Å². The minimum Gasteiger partial charge on any atom is -0.486 e. The number of hydrogen-bond acceptors (Lipinski definition) is 5. The summed E-state index contributed by atoms with van der Waals surface area (Å²) >= 11 is 0. The first-order valence-corrected chi connectivity index (χ1v) is 9.27. The monoisotopic (exact) mass is 365 g/mol. The molecule has 132 valence electrons. The molecule has 25 heavy (non-hydrogen) atoms. The van der Waals surface area contributed by atoms with Crippen molar-refractivity contribution in [3.8, 4) is 11.5 Å². The van der Waals surface area contributed by atoms with Crippen molar-refractivity contribution in [3.05, 3.63) is 48.3 Å². The Morgan fingerprint density at radius 1 is 1.04 bits per heavy atom. The zero-order chi connectivity index (χ0) is 17.9. The van der Waals surface area contributed by atoms with Gasteiger partial charge in [-0.2, -0.15) is 0 Å². The smallest absolute Gasteiger partial charge is 0.225 e. The topological polar surface area (TPSA) is 81.7 Å². The molecule has 0 aliphatic carbocycles. The summed E-state index contributed by atoms with van der Waals surface area (Å²) in [6, 6.07) is 9.61. The molecule has 1 amide bonds. The molecule has 1 N–H and O–H groups in total. The van der Waals surface area contributed by atoms with Crippen LogP contribution in [0.3, 0.4) is 0 Å². The van der Waals surface area contributed by atoms with Gasteiger partial charge in [0.25, 0.3) is 0 Å². The van der Waals surface area contributed by atoms with Crippen LogP contribution in [0.25, 0.3) is 0 Å². The number of carbonyl (C=O) groups excluding carboxylic acids is 1. The molecule has 0 saturated carbocycles. The van der Waals surface area contributed by atoms with E-state index < -0.39 is 21.6 Å². The molecule has 0 atom stereocenters. The Morgan fingerprint density at radius 2 is 1.72 bits per heavy atom. The Bertz CT molecular complexity index is 880. The van der Waals surface area contributed by atoms with Crippen molar-refractivity contribution in [2.24, 2.45) is 0 Å². The van der Waals surface area contributed by atoms with Crippen LogP contribution in [-0.4, -0.2) is 33.3 Å². The van der Waals surface area contributed by atoms with Crippen molar-refractivity contribution < 1.29 is 27.1 Å². The van der Waals surface area contributed by atoms with E-state index in [1.54, 1.807) is 6.07 Å². The first-order valence-electron chi connectivity index (χ1n) is 7.62. The number of benzene rings is 2. The van der Waals surface area contributed by atoms with Gasteiger partial charge in [-0.15, -0.1) is 0 Å². The minimum absolute atomic E-state index is 0.0753. The highest BCUT2D eigenvalue weighted by molar-refractivity contribution is 7.91. The Morgan fingerprint density at radius 3 is 2.44 bits per heavy atom. The van der Waals surface area contributed by atoms with Crippen molar-refractivity contribution >= 4 is 21.4 Å². The van der Waals surface area contributed by atoms with Gasteiger partial charge in [0.05, 0.1) is 10.6 Å². The van der Waals surface area contributed by atoms with Crippen molar-refractivity contribution in [1.29, 1.82) is 0 Å². The average Bonchev–Trinajstić information content (AvgIpc) is 2.62. The highest BCUT2D eigenvalue weighted by Gasteiger charge is 2.20. The van der Waals surface area contributed by atoms with E-state index in [0.717, 1.165) is 0 Å². The normalized spacial score (nSPS) is 13.3. The van der Waals surface area contributed by atoms with Crippen LogP contribution in [0.5, 0.6) is 11.5 Å². The molecule has 0 bridgehead atoms. The standard InChI is InChI=1S/C17H16FNO5S/c18-12-1-3-13(4-2-12)19-17(20)7-10-25(21,22)14-5-6-15-16(11-14)24-9-8-23-15/h1-6,11H,7-10H2,(H,19,20). The molecule has 2 aromatic carbocycles. The predicted molar refractivity (Wildman–Crippen MR) is 89.1 cm³/mol. The van der Waals surface area contributed by atoms with Crippen LogP contribution in [0, 0.1) is 5.82 Å². The van der Waals surface area contributed by atoms with Gasteiger partial charge in [-0.05, 0) is 36.4 Å². The lowest BCUT2D eigenvalue weighted by Gasteiger charge is -2.18. The van der Waals surface area contributed by atoms with Crippen LogP contribution in [0.15, 0.2) is 47.4 Å². The lowest BCUT2D eigenvalue weighted by molar-refractivity contribution is -0.115. The van der Waals surface area contributed by atoms with Gasteiger partial charge in [-0.25, -0.2) is 12.8 Å². The molecule has 0 saturated heterocycles.